The van der Waals surface area contributed by atoms with Crippen LogP contribution < -0.4 is 10.9 Å². The van der Waals surface area contributed by atoms with Gasteiger partial charge in [0.1, 0.15) is 0 Å². The second kappa shape index (κ2) is 7.01. The Morgan fingerprint density at radius 1 is 0.952 bits per heavy atom. The van der Waals surface area contributed by atoms with Crippen molar-refractivity contribution in [3.63, 3.8) is 0 Å². The molecule has 0 aliphatic heterocycles. The summed E-state index contributed by atoms with van der Waals surface area (Å²) in [6.45, 7) is 0. The molecule has 6 heteroatoms. The zero-order valence-corrected chi connectivity index (χ0v) is 12.5. The predicted molar refractivity (Wildman–Crippen MR) is 81.2 cm³/mol. The van der Waals surface area contributed by atoms with Gasteiger partial charge in [-0.25, -0.2) is 0 Å². The number of aliphatic hydroxyl groups is 1. The molecule has 0 fully saturated rings. The summed E-state index contributed by atoms with van der Waals surface area (Å²) in [6, 6.07) is 15.1. The Labute approximate surface area is 130 Å². The van der Waals surface area contributed by atoms with Crippen LogP contribution >= 0.6 is 15.9 Å². The SMILES string of the molecule is O=C(NNC(=O)C(O)c1ccccc1)c1ccc(Br)cc1. The lowest BCUT2D eigenvalue weighted by atomic mass is 10.1. The van der Waals surface area contributed by atoms with Crippen LogP contribution in [0.4, 0.5) is 0 Å². The summed E-state index contributed by atoms with van der Waals surface area (Å²) in [7, 11) is 0. The average molecular weight is 349 g/mol. The van der Waals surface area contributed by atoms with Gasteiger partial charge in [-0.3, -0.25) is 20.4 Å². The van der Waals surface area contributed by atoms with Crippen molar-refractivity contribution >= 4 is 27.7 Å². The summed E-state index contributed by atoms with van der Waals surface area (Å²) in [6.07, 6.45) is -1.34. The molecule has 0 aromatic heterocycles. The number of halogens is 1. The van der Waals surface area contributed by atoms with E-state index in [1.807, 2.05) is 0 Å². The fourth-order valence-electron chi connectivity index (χ4n) is 1.65. The summed E-state index contributed by atoms with van der Waals surface area (Å²) in [5.74, 6) is -1.16. The van der Waals surface area contributed by atoms with Crippen LogP contribution in [-0.4, -0.2) is 16.9 Å². The third kappa shape index (κ3) is 4.14. The monoisotopic (exact) mass is 348 g/mol. The highest BCUT2D eigenvalue weighted by atomic mass is 79.9. The van der Waals surface area contributed by atoms with Crippen molar-refractivity contribution in [2.75, 3.05) is 0 Å². The number of hydrazine groups is 1. The van der Waals surface area contributed by atoms with Crippen LogP contribution in [0.3, 0.4) is 0 Å². The lowest BCUT2D eigenvalue weighted by Gasteiger charge is -2.12. The minimum Gasteiger partial charge on any atom is -0.378 e. The second-order valence-corrected chi connectivity index (χ2v) is 5.18. The fraction of sp³-hybridized carbons (Fsp3) is 0.0667. The molecule has 5 nitrogen and oxygen atoms in total. The van der Waals surface area contributed by atoms with E-state index in [2.05, 4.69) is 26.8 Å². The highest BCUT2D eigenvalue weighted by molar-refractivity contribution is 9.10. The van der Waals surface area contributed by atoms with Crippen LogP contribution in [0, 0.1) is 0 Å². The summed E-state index contributed by atoms with van der Waals surface area (Å²) in [5, 5.41) is 9.84. The van der Waals surface area contributed by atoms with E-state index < -0.39 is 17.9 Å². The number of carbonyl (C=O) groups excluding carboxylic acids is 2. The molecular formula is C15H13BrN2O3. The van der Waals surface area contributed by atoms with E-state index in [1.165, 1.54) is 0 Å². The molecule has 2 aromatic rings. The van der Waals surface area contributed by atoms with Gasteiger partial charge in [0.05, 0.1) is 0 Å². The molecule has 2 rings (SSSR count). The summed E-state index contributed by atoms with van der Waals surface area (Å²) < 4.78 is 0.850. The number of aliphatic hydroxyl groups excluding tert-OH is 1. The molecule has 0 saturated heterocycles. The van der Waals surface area contributed by atoms with E-state index in [9.17, 15) is 14.7 Å². The van der Waals surface area contributed by atoms with Crippen LogP contribution in [-0.2, 0) is 4.79 Å². The molecule has 2 amide bonds. The lowest BCUT2D eigenvalue weighted by molar-refractivity contribution is -0.130. The quantitative estimate of drug-likeness (QED) is 0.741. The van der Waals surface area contributed by atoms with Crippen molar-refractivity contribution in [1.29, 1.82) is 0 Å². The van der Waals surface area contributed by atoms with E-state index in [0.717, 1.165) is 4.47 Å². The Morgan fingerprint density at radius 3 is 2.19 bits per heavy atom. The Morgan fingerprint density at radius 2 is 1.57 bits per heavy atom. The van der Waals surface area contributed by atoms with Gasteiger partial charge < -0.3 is 5.11 Å². The zero-order chi connectivity index (χ0) is 15.2. The molecule has 21 heavy (non-hydrogen) atoms. The van der Waals surface area contributed by atoms with Gasteiger partial charge in [0.15, 0.2) is 6.10 Å². The van der Waals surface area contributed by atoms with Gasteiger partial charge in [-0.2, -0.15) is 0 Å². The third-order valence-corrected chi connectivity index (χ3v) is 3.30. The average Bonchev–Trinajstić information content (AvgIpc) is 2.53. The van der Waals surface area contributed by atoms with E-state index >= 15 is 0 Å². The molecule has 2 aromatic carbocycles. The Kier molecular flexibility index (Phi) is 5.08. The van der Waals surface area contributed by atoms with Crippen LogP contribution in [0.5, 0.6) is 0 Å². The molecule has 0 aliphatic rings. The first kappa shape index (κ1) is 15.2. The van der Waals surface area contributed by atoms with Crippen LogP contribution in [0.25, 0.3) is 0 Å². The van der Waals surface area contributed by atoms with Gasteiger partial charge in [-0.05, 0) is 29.8 Å². The molecule has 0 heterocycles. The van der Waals surface area contributed by atoms with Crippen LogP contribution in [0.1, 0.15) is 22.0 Å². The Bertz CT molecular complexity index is 629. The molecule has 0 spiro atoms. The van der Waals surface area contributed by atoms with Gasteiger partial charge in [0, 0.05) is 10.0 Å². The van der Waals surface area contributed by atoms with Gasteiger partial charge >= 0.3 is 0 Å². The van der Waals surface area contributed by atoms with Gasteiger partial charge in [0.2, 0.25) is 0 Å². The number of rotatable bonds is 3. The van der Waals surface area contributed by atoms with Gasteiger partial charge in [-0.1, -0.05) is 46.3 Å². The molecule has 3 N–H and O–H groups in total. The second-order valence-electron chi connectivity index (χ2n) is 4.26. The normalized spacial score (nSPS) is 11.5. The van der Waals surface area contributed by atoms with Crippen molar-refractivity contribution < 1.29 is 14.7 Å². The van der Waals surface area contributed by atoms with Crippen molar-refractivity contribution in [3.05, 3.63) is 70.2 Å². The van der Waals surface area contributed by atoms with E-state index in [1.54, 1.807) is 54.6 Å². The maximum atomic E-state index is 11.8. The standard InChI is InChI=1S/C15H13BrN2O3/c16-12-8-6-11(7-9-12)14(20)17-18-15(21)13(19)10-4-2-1-3-5-10/h1-9,13,19H,(H,17,20)(H,18,21). The molecule has 108 valence electrons. The van der Waals surface area contributed by atoms with E-state index in [0.29, 0.717) is 11.1 Å². The van der Waals surface area contributed by atoms with Crippen LogP contribution in [0.15, 0.2) is 59.1 Å². The Hall–Kier alpha value is -2.18. The van der Waals surface area contributed by atoms with Gasteiger partial charge in [-0.15, -0.1) is 0 Å². The molecular weight excluding hydrogens is 336 g/mol. The smallest absolute Gasteiger partial charge is 0.271 e. The highest BCUT2D eigenvalue weighted by Gasteiger charge is 2.17. The van der Waals surface area contributed by atoms with Crippen molar-refractivity contribution in [2.45, 2.75) is 6.10 Å². The third-order valence-electron chi connectivity index (χ3n) is 2.77. The number of amides is 2. The first-order chi connectivity index (χ1) is 10.1. The molecule has 0 radical (unpaired) electrons. The number of benzene rings is 2. The van der Waals surface area contributed by atoms with Crippen molar-refractivity contribution in [2.24, 2.45) is 0 Å². The van der Waals surface area contributed by atoms with Crippen molar-refractivity contribution in [1.82, 2.24) is 10.9 Å². The maximum Gasteiger partial charge on any atom is 0.271 e. The number of nitrogens with one attached hydrogen (secondary N) is 2. The van der Waals surface area contributed by atoms with Gasteiger partial charge in [0.25, 0.3) is 11.8 Å². The Balaban J connectivity index is 1.92. The molecule has 0 saturated carbocycles. The fourth-order valence-corrected chi connectivity index (χ4v) is 1.91. The summed E-state index contributed by atoms with van der Waals surface area (Å²) >= 11 is 3.27. The topological polar surface area (TPSA) is 78.4 Å². The minimum atomic E-state index is -1.34. The predicted octanol–water partition coefficient (Wildman–Crippen LogP) is 1.94. The summed E-state index contributed by atoms with van der Waals surface area (Å²) in [4.78, 5) is 23.5. The number of hydrogen-bond donors (Lipinski definition) is 3. The van der Waals surface area contributed by atoms with E-state index in [-0.39, 0.29) is 0 Å². The molecule has 0 aliphatic carbocycles. The molecule has 1 unspecified atom stereocenters. The minimum absolute atomic E-state index is 0.396. The summed E-state index contributed by atoms with van der Waals surface area (Å²) in [5.41, 5.74) is 5.30. The van der Waals surface area contributed by atoms with E-state index in [4.69, 9.17) is 0 Å². The van der Waals surface area contributed by atoms with Crippen LogP contribution in [0.2, 0.25) is 0 Å². The zero-order valence-electron chi connectivity index (χ0n) is 10.9. The first-order valence-electron chi connectivity index (χ1n) is 6.16. The largest absolute Gasteiger partial charge is 0.378 e. The lowest BCUT2D eigenvalue weighted by Crippen LogP contribution is -2.43. The van der Waals surface area contributed by atoms with Crippen molar-refractivity contribution in [3.8, 4) is 0 Å². The highest BCUT2D eigenvalue weighted by Crippen LogP contribution is 2.12. The first-order valence-corrected chi connectivity index (χ1v) is 6.96. The molecule has 1 atom stereocenters. The molecule has 0 bridgehead atoms. The number of hydrogen-bond acceptors (Lipinski definition) is 3. The maximum absolute atomic E-state index is 11.8. The number of carbonyl (C=O) groups is 2.